The zero-order valence-electron chi connectivity index (χ0n) is 11.8. The predicted molar refractivity (Wildman–Crippen MR) is 74.3 cm³/mol. The van der Waals surface area contributed by atoms with E-state index in [1.165, 1.54) is 20.1 Å². The minimum Gasteiger partial charge on any atom is -0.504 e. The van der Waals surface area contributed by atoms with E-state index in [0.717, 1.165) is 0 Å². The highest BCUT2D eigenvalue weighted by atomic mass is 16.5. The number of carbonyl (C=O) groups excluding carboxylic acids is 1. The number of rotatable bonds is 6. The number of ether oxygens (including phenoxy) is 1. The lowest BCUT2D eigenvalue weighted by Gasteiger charge is -2.17. The third kappa shape index (κ3) is 4.44. The number of hydrogen-bond acceptors (Lipinski definition) is 5. The number of methoxy groups -OCH3 is 1. The van der Waals surface area contributed by atoms with E-state index >= 15 is 0 Å². The number of hydrogen-bond donors (Lipinski definition) is 3. The Morgan fingerprint density at radius 1 is 1.55 bits per heavy atom. The van der Waals surface area contributed by atoms with E-state index in [2.05, 4.69) is 16.7 Å². The zero-order valence-corrected chi connectivity index (χ0v) is 11.8. The van der Waals surface area contributed by atoms with Crippen LogP contribution in [-0.4, -0.2) is 30.7 Å². The molecule has 1 aromatic rings. The van der Waals surface area contributed by atoms with E-state index in [-0.39, 0.29) is 17.7 Å². The van der Waals surface area contributed by atoms with Crippen LogP contribution in [0.5, 0.6) is 11.5 Å². The fourth-order valence-corrected chi connectivity index (χ4v) is 1.80. The topological polar surface area (TPSA) is 94.4 Å². The number of aromatic hydroxyl groups is 1. The van der Waals surface area contributed by atoms with E-state index in [4.69, 9.17) is 4.74 Å². The van der Waals surface area contributed by atoms with E-state index in [9.17, 15) is 15.2 Å². The molecule has 0 radical (unpaired) electrons. The predicted octanol–water partition coefficient (Wildman–Crippen LogP) is 1.08. The molecule has 0 saturated carbocycles. The summed E-state index contributed by atoms with van der Waals surface area (Å²) >= 11 is 0. The Labute approximate surface area is 118 Å². The molecule has 0 fully saturated rings. The highest BCUT2D eigenvalue weighted by Crippen LogP contribution is 2.28. The van der Waals surface area contributed by atoms with Crippen molar-refractivity contribution in [3.05, 3.63) is 23.8 Å². The summed E-state index contributed by atoms with van der Waals surface area (Å²) in [6.45, 7) is 3.75. The van der Waals surface area contributed by atoms with Crippen molar-refractivity contribution in [3.63, 3.8) is 0 Å². The molecule has 0 aliphatic carbocycles. The van der Waals surface area contributed by atoms with E-state index < -0.39 is 6.04 Å². The Morgan fingerprint density at radius 2 is 2.25 bits per heavy atom. The van der Waals surface area contributed by atoms with Crippen LogP contribution in [-0.2, 0) is 4.79 Å². The molecule has 1 aromatic carbocycles. The molecule has 6 nitrogen and oxygen atoms in total. The van der Waals surface area contributed by atoms with Gasteiger partial charge in [0.1, 0.15) is 6.04 Å². The van der Waals surface area contributed by atoms with Gasteiger partial charge in [-0.1, -0.05) is 6.07 Å². The molecule has 6 heteroatoms. The number of phenolic OH excluding ortho intramolecular Hbond substituents is 1. The molecule has 0 aromatic heterocycles. The molecule has 2 atom stereocenters. The van der Waals surface area contributed by atoms with Crippen molar-refractivity contribution < 1.29 is 14.6 Å². The second-order valence-corrected chi connectivity index (χ2v) is 4.50. The molecule has 1 rings (SSSR count). The van der Waals surface area contributed by atoms with Crippen LogP contribution in [0, 0.1) is 11.3 Å². The second-order valence-electron chi connectivity index (χ2n) is 4.50. The lowest BCUT2D eigenvalue weighted by Crippen LogP contribution is -2.39. The molecule has 0 aliphatic rings. The minimum atomic E-state index is -0.541. The summed E-state index contributed by atoms with van der Waals surface area (Å²) in [6, 6.07) is 6.26. The maximum atomic E-state index is 10.9. The van der Waals surface area contributed by atoms with Gasteiger partial charge in [0.15, 0.2) is 11.5 Å². The van der Waals surface area contributed by atoms with Gasteiger partial charge in [0.25, 0.3) is 0 Å². The Balaban J connectivity index is 2.72. The first-order valence-corrected chi connectivity index (χ1v) is 6.25. The summed E-state index contributed by atoms with van der Waals surface area (Å²) in [5, 5.41) is 24.5. The van der Waals surface area contributed by atoms with Crippen LogP contribution in [0.4, 0.5) is 0 Å². The van der Waals surface area contributed by atoms with Crippen LogP contribution in [0.15, 0.2) is 18.2 Å². The first kappa shape index (κ1) is 15.8. The average molecular weight is 277 g/mol. The molecule has 0 heterocycles. The summed E-state index contributed by atoms with van der Waals surface area (Å²) < 4.78 is 5.01. The van der Waals surface area contributed by atoms with Crippen LogP contribution in [0.25, 0.3) is 0 Å². The van der Waals surface area contributed by atoms with E-state index in [1.54, 1.807) is 12.1 Å². The molecule has 2 unspecified atom stereocenters. The van der Waals surface area contributed by atoms with Crippen molar-refractivity contribution in [2.45, 2.75) is 25.9 Å². The fourth-order valence-electron chi connectivity index (χ4n) is 1.80. The molecular weight excluding hydrogens is 258 g/mol. The molecule has 108 valence electrons. The number of nitrogens with zero attached hydrogens (tertiary/aromatic N) is 1. The molecule has 0 spiro atoms. The highest BCUT2D eigenvalue weighted by molar-refractivity contribution is 5.73. The van der Waals surface area contributed by atoms with Gasteiger partial charge in [-0.25, -0.2) is 0 Å². The lowest BCUT2D eigenvalue weighted by molar-refractivity contribution is -0.119. The summed E-state index contributed by atoms with van der Waals surface area (Å²) in [5.41, 5.74) is 0.692. The minimum absolute atomic E-state index is 0.0274. The smallest absolute Gasteiger partial charge is 0.217 e. The highest BCUT2D eigenvalue weighted by Gasteiger charge is 2.14. The van der Waals surface area contributed by atoms with Gasteiger partial charge in [-0.15, -0.1) is 0 Å². The van der Waals surface area contributed by atoms with Gasteiger partial charge in [0.05, 0.1) is 13.2 Å². The van der Waals surface area contributed by atoms with Crippen LogP contribution >= 0.6 is 0 Å². The Hall–Kier alpha value is -2.26. The summed E-state index contributed by atoms with van der Waals surface area (Å²) in [5.74, 6) is 0.234. The zero-order chi connectivity index (χ0) is 15.1. The van der Waals surface area contributed by atoms with Crippen molar-refractivity contribution in [2.75, 3.05) is 13.7 Å². The number of phenols is 1. The first-order chi connectivity index (χ1) is 9.47. The van der Waals surface area contributed by atoms with Crippen LogP contribution in [0.2, 0.25) is 0 Å². The quantitative estimate of drug-likeness (QED) is 0.723. The second kappa shape index (κ2) is 7.36. The molecule has 20 heavy (non-hydrogen) atoms. The van der Waals surface area contributed by atoms with Crippen LogP contribution in [0.3, 0.4) is 0 Å². The average Bonchev–Trinajstić information content (AvgIpc) is 2.40. The van der Waals surface area contributed by atoms with Gasteiger partial charge >= 0.3 is 0 Å². The Bertz CT molecular complexity index is 511. The molecule has 0 saturated heterocycles. The first-order valence-electron chi connectivity index (χ1n) is 6.25. The van der Waals surface area contributed by atoms with Crippen molar-refractivity contribution >= 4 is 5.91 Å². The van der Waals surface area contributed by atoms with Crippen molar-refractivity contribution in [2.24, 2.45) is 0 Å². The largest absolute Gasteiger partial charge is 0.504 e. The fraction of sp³-hybridized carbons (Fsp3) is 0.429. The van der Waals surface area contributed by atoms with Gasteiger partial charge in [-0.2, -0.15) is 5.26 Å². The molecule has 1 amide bonds. The number of nitriles is 1. The van der Waals surface area contributed by atoms with Crippen molar-refractivity contribution in [3.8, 4) is 17.6 Å². The van der Waals surface area contributed by atoms with Crippen molar-refractivity contribution in [1.82, 2.24) is 10.6 Å². The summed E-state index contributed by atoms with van der Waals surface area (Å²) in [4.78, 5) is 10.9. The maximum absolute atomic E-state index is 10.9. The normalized spacial score (nSPS) is 13.1. The Kier molecular flexibility index (Phi) is 5.81. The molecular formula is C14H19N3O3. The van der Waals surface area contributed by atoms with Crippen LogP contribution in [0.1, 0.15) is 25.5 Å². The van der Waals surface area contributed by atoms with Gasteiger partial charge in [-0.05, 0) is 24.6 Å². The van der Waals surface area contributed by atoms with Gasteiger partial charge in [0, 0.05) is 19.5 Å². The van der Waals surface area contributed by atoms with E-state index in [1.807, 2.05) is 6.92 Å². The van der Waals surface area contributed by atoms with Crippen molar-refractivity contribution in [1.29, 1.82) is 5.26 Å². The lowest BCUT2D eigenvalue weighted by atomic mass is 10.1. The van der Waals surface area contributed by atoms with E-state index in [0.29, 0.717) is 17.9 Å². The molecule has 0 bridgehead atoms. The number of nitrogens with one attached hydrogen (secondary N) is 2. The number of amides is 1. The van der Waals surface area contributed by atoms with Crippen LogP contribution < -0.4 is 15.4 Å². The number of benzene rings is 1. The van der Waals surface area contributed by atoms with Gasteiger partial charge < -0.3 is 15.2 Å². The molecule has 0 aliphatic heterocycles. The standard InChI is InChI=1S/C14H19N3O3/c1-9(17-10(2)18)8-16-12(7-15)11-4-5-13(19)14(6-11)20-3/h4-6,9,12,16,19H,8H2,1-3H3,(H,17,18). The Morgan fingerprint density at radius 3 is 2.80 bits per heavy atom. The van der Waals surface area contributed by atoms with Gasteiger partial charge in [0.2, 0.25) is 5.91 Å². The van der Waals surface area contributed by atoms with Gasteiger partial charge in [-0.3, -0.25) is 10.1 Å². The SMILES string of the molecule is COc1cc(C(C#N)NCC(C)NC(C)=O)ccc1O. The molecule has 3 N–H and O–H groups in total. The third-order valence-electron chi connectivity index (χ3n) is 2.74. The summed E-state index contributed by atoms with van der Waals surface area (Å²) in [7, 11) is 1.45. The maximum Gasteiger partial charge on any atom is 0.217 e. The summed E-state index contributed by atoms with van der Waals surface area (Å²) in [6.07, 6.45) is 0. The third-order valence-corrected chi connectivity index (χ3v) is 2.74. The number of carbonyl (C=O) groups is 1. The monoisotopic (exact) mass is 277 g/mol.